The van der Waals surface area contributed by atoms with E-state index in [0.29, 0.717) is 18.4 Å². The zero-order chi connectivity index (χ0) is 14.6. The number of nitrogens with zero attached hydrogens (tertiary/aromatic N) is 1. The summed E-state index contributed by atoms with van der Waals surface area (Å²) in [4.78, 5) is 26.1. The molecular formula is C15H28N2O2. The van der Waals surface area contributed by atoms with Crippen LogP contribution in [0.3, 0.4) is 0 Å². The summed E-state index contributed by atoms with van der Waals surface area (Å²) in [6.45, 7) is 11.0. The van der Waals surface area contributed by atoms with Crippen molar-refractivity contribution in [1.29, 1.82) is 0 Å². The van der Waals surface area contributed by atoms with Crippen molar-refractivity contribution in [3.63, 3.8) is 0 Å². The minimum absolute atomic E-state index is 0.0187. The van der Waals surface area contributed by atoms with E-state index in [-0.39, 0.29) is 23.9 Å². The van der Waals surface area contributed by atoms with Crippen LogP contribution in [0, 0.1) is 11.8 Å². The molecule has 0 bridgehead atoms. The van der Waals surface area contributed by atoms with Gasteiger partial charge in [0.2, 0.25) is 11.8 Å². The molecule has 1 rings (SSSR count). The van der Waals surface area contributed by atoms with E-state index in [4.69, 9.17) is 0 Å². The van der Waals surface area contributed by atoms with Gasteiger partial charge in [-0.2, -0.15) is 0 Å². The number of hydrogen-bond acceptors (Lipinski definition) is 2. The lowest BCUT2D eigenvalue weighted by Crippen LogP contribution is -2.62. The standard InChI is InChI=1S/C15H28N2O2/c1-10(2)7-6-8-17-12(5)14(18)16-13(15(17)19)9-11(3)4/h10-13H,6-9H2,1-5H3,(H,16,18). The highest BCUT2D eigenvalue weighted by Gasteiger charge is 2.37. The molecule has 0 aromatic rings. The SMILES string of the molecule is CC(C)CCCN1C(=O)C(CC(C)C)NC(=O)C1C. The third-order valence-corrected chi connectivity index (χ3v) is 3.63. The highest BCUT2D eigenvalue weighted by molar-refractivity contribution is 5.96. The van der Waals surface area contributed by atoms with E-state index in [9.17, 15) is 9.59 Å². The topological polar surface area (TPSA) is 49.4 Å². The third-order valence-electron chi connectivity index (χ3n) is 3.63. The predicted molar refractivity (Wildman–Crippen MR) is 76.6 cm³/mol. The van der Waals surface area contributed by atoms with E-state index in [0.717, 1.165) is 19.3 Å². The van der Waals surface area contributed by atoms with Crippen molar-refractivity contribution < 1.29 is 9.59 Å². The molecule has 0 saturated carbocycles. The molecule has 0 aliphatic carbocycles. The Morgan fingerprint density at radius 2 is 1.79 bits per heavy atom. The average molecular weight is 268 g/mol. The molecule has 1 aliphatic heterocycles. The summed E-state index contributed by atoms with van der Waals surface area (Å²) in [5.74, 6) is 1.11. The van der Waals surface area contributed by atoms with Gasteiger partial charge in [-0.25, -0.2) is 0 Å². The van der Waals surface area contributed by atoms with E-state index in [1.165, 1.54) is 0 Å². The van der Waals surface area contributed by atoms with E-state index >= 15 is 0 Å². The maximum Gasteiger partial charge on any atom is 0.245 e. The molecule has 1 aliphatic rings. The zero-order valence-corrected chi connectivity index (χ0v) is 12.9. The number of hydrogen-bond donors (Lipinski definition) is 1. The highest BCUT2D eigenvalue weighted by atomic mass is 16.2. The molecule has 1 heterocycles. The number of rotatable bonds is 6. The van der Waals surface area contributed by atoms with Gasteiger partial charge in [0.1, 0.15) is 12.1 Å². The van der Waals surface area contributed by atoms with Crippen LogP contribution >= 0.6 is 0 Å². The summed E-state index contributed by atoms with van der Waals surface area (Å²) in [6, 6.07) is -0.661. The fraction of sp³-hybridized carbons (Fsp3) is 0.867. The largest absolute Gasteiger partial charge is 0.343 e. The van der Waals surface area contributed by atoms with Crippen molar-refractivity contribution in [1.82, 2.24) is 10.2 Å². The molecular weight excluding hydrogens is 240 g/mol. The van der Waals surface area contributed by atoms with E-state index in [2.05, 4.69) is 33.0 Å². The van der Waals surface area contributed by atoms with Crippen molar-refractivity contribution in [3.05, 3.63) is 0 Å². The van der Waals surface area contributed by atoms with Gasteiger partial charge < -0.3 is 10.2 Å². The average Bonchev–Trinajstić information content (AvgIpc) is 2.29. The first-order valence-electron chi connectivity index (χ1n) is 7.43. The van der Waals surface area contributed by atoms with Crippen LogP contribution in [-0.4, -0.2) is 35.3 Å². The Morgan fingerprint density at radius 3 is 2.32 bits per heavy atom. The van der Waals surface area contributed by atoms with Crippen molar-refractivity contribution in [2.45, 2.75) is 66.0 Å². The molecule has 19 heavy (non-hydrogen) atoms. The minimum Gasteiger partial charge on any atom is -0.343 e. The molecule has 0 radical (unpaired) electrons. The molecule has 110 valence electrons. The highest BCUT2D eigenvalue weighted by Crippen LogP contribution is 2.17. The van der Waals surface area contributed by atoms with Gasteiger partial charge in [-0.3, -0.25) is 9.59 Å². The quantitative estimate of drug-likeness (QED) is 0.802. The van der Waals surface area contributed by atoms with Gasteiger partial charge >= 0.3 is 0 Å². The third kappa shape index (κ3) is 4.51. The molecule has 1 fully saturated rings. The fourth-order valence-corrected chi connectivity index (χ4v) is 2.49. The Balaban J connectivity index is 2.64. The number of amides is 2. The van der Waals surface area contributed by atoms with Crippen molar-refractivity contribution in [2.75, 3.05) is 6.54 Å². The summed E-state index contributed by atoms with van der Waals surface area (Å²) in [6.07, 6.45) is 2.78. The van der Waals surface area contributed by atoms with Gasteiger partial charge in [0.15, 0.2) is 0 Å². The van der Waals surface area contributed by atoms with Crippen LogP contribution < -0.4 is 5.32 Å². The molecule has 0 spiro atoms. The second-order valence-corrected chi connectivity index (χ2v) is 6.43. The first-order valence-corrected chi connectivity index (χ1v) is 7.43. The van der Waals surface area contributed by atoms with E-state index in [1.807, 2.05) is 6.92 Å². The Bertz CT molecular complexity index is 326. The first kappa shape index (κ1) is 16.0. The first-order chi connectivity index (χ1) is 8.82. The van der Waals surface area contributed by atoms with Gasteiger partial charge in [-0.15, -0.1) is 0 Å². The van der Waals surface area contributed by atoms with Crippen molar-refractivity contribution in [3.8, 4) is 0 Å². The molecule has 4 heteroatoms. The molecule has 1 N–H and O–H groups in total. The summed E-state index contributed by atoms with van der Waals surface area (Å²) in [5, 5.41) is 2.85. The van der Waals surface area contributed by atoms with Gasteiger partial charge in [0.05, 0.1) is 0 Å². The number of piperazine rings is 1. The minimum atomic E-state index is -0.331. The Morgan fingerprint density at radius 1 is 1.16 bits per heavy atom. The predicted octanol–water partition coefficient (Wildman–Crippen LogP) is 2.18. The van der Waals surface area contributed by atoms with Crippen LogP contribution in [0.25, 0.3) is 0 Å². The molecule has 2 unspecified atom stereocenters. The van der Waals surface area contributed by atoms with Crippen LogP contribution in [0.2, 0.25) is 0 Å². The van der Waals surface area contributed by atoms with Crippen LogP contribution in [0.15, 0.2) is 0 Å². The van der Waals surface area contributed by atoms with Crippen LogP contribution in [0.5, 0.6) is 0 Å². The smallest absolute Gasteiger partial charge is 0.245 e. The van der Waals surface area contributed by atoms with Gasteiger partial charge in [-0.05, 0) is 38.0 Å². The van der Waals surface area contributed by atoms with Crippen LogP contribution in [0.1, 0.15) is 53.9 Å². The Hall–Kier alpha value is -1.06. The molecule has 0 aromatic heterocycles. The van der Waals surface area contributed by atoms with Gasteiger partial charge in [0.25, 0.3) is 0 Å². The lowest BCUT2D eigenvalue weighted by molar-refractivity contribution is -0.149. The van der Waals surface area contributed by atoms with E-state index in [1.54, 1.807) is 4.90 Å². The molecule has 4 nitrogen and oxygen atoms in total. The molecule has 2 atom stereocenters. The summed E-state index contributed by atoms with van der Waals surface area (Å²) in [5.41, 5.74) is 0. The number of carbonyl (C=O) groups is 2. The second kappa shape index (κ2) is 6.92. The number of carbonyl (C=O) groups excluding carboxylic acids is 2. The van der Waals surface area contributed by atoms with Crippen molar-refractivity contribution >= 4 is 11.8 Å². The van der Waals surface area contributed by atoms with Gasteiger partial charge in [-0.1, -0.05) is 27.7 Å². The summed E-state index contributed by atoms with van der Waals surface area (Å²) < 4.78 is 0. The molecule has 2 amide bonds. The van der Waals surface area contributed by atoms with Crippen molar-refractivity contribution in [2.24, 2.45) is 11.8 Å². The van der Waals surface area contributed by atoms with Crippen LogP contribution in [-0.2, 0) is 9.59 Å². The normalized spacial score (nSPS) is 24.3. The lowest BCUT2D eigenvalue weighted by Gasteiger charge is -2.38. The number of nitrogens with one attached hydrogen (secondary N) is 1. The van der Waals surface area contributed by atoms with Gasteiger partial charge in [0, 0.05) is 6.54 Å². The molecule has 0 aromatic carbocycles. The summed E-state index contributed by atoms with van der Waals surface area (Å²) in [7, 11) is 0. The van der Waals surface area contributed by atoms with Crippen LogP contribution in [0.4, 0.5) is 0 Å². The maximum atomic E-state index is 12.4. The maximum absolute atomic E-state index is 12.4. The fourth-order valence-electron chi connectivity index (χ4n) is 2.49. The Labute approximate surface area is 116 Å². The monoisotopic (exact) mass is 268 g/mol. The lowest BCUT2D eigenvalue weighted by atomic mass is 9.98. The second-order valence-electron chi connectivity index (χ2n) is 6.43. The van der Waals surface area contributed by atoms with E-state index < -0.39 is 0 Å². The Kier molecular flexibility index (Phi) is 5.83. The molecule has 1 saturated heterocycles. The zero-order valence-electron chi connectivity index (χ0n) is 12.9. The summed E-state index contributed by atoms with van der Waals surface area (Å²) >= 11 is 0.